The van der Waals surface area contributed by atoms with Crippen LogP contribution in [-0.4, -0.2) is 37.2 Å². The van der Waals surface area contributed by atoms with Gasteiger partial charge in [-0.1, -0.05) is 170 Å². The molecule has 0 saturated carbocycles. The highest BCUT2D eigenvalue weighted by atomic mass is 16.6. The number of ether oxygens (including phenoxy) is 3. The Bertz CT molecular complexity index is 1170. The molecule has 0 radical (unpaired) electrons. The van der Waals surface area contributed by atoms with E-state index in [0.717, 1.165) is 122 Å². The van der Waals surface area contributed by atoms with E-state index in [2.05, 4.69) is 106 Å². The molecule has 6 heteroatoms. The predicted molar refractivity (Wildman–Crippen MR) is 251 cm³/mol. The van der Waals surface area contributed by atoms with Crippen LogP contribution in [0.3, 0.4) is 0 Å². The summed E-state index contributed by atoms with van der Waals surface area (Å²) >= 11 is 0. The number of carbonyl (C=O) groups is 3. The van der Waals surface area contributed by atoms with E-state index in [9.17, 15) is 14.4 Å². The Labute approximate surface area is 363 Å². The summed E-state index contributed by atoms with van der Waals surface area (Å²) in [6, 6.07) is 0. The van der Waals surface area contributed by atoms with Crippen molar-refractivity contribution in [1.29, 1.82) is 0 Å². The summed E-state index contributed by atoms with van der Waals surface area (Å²) in [5.41, 5.74) is 0. The zero-order chi connectivity index (χ0) is 43.0. The molecule has 0 amide bonds. The highest BCUT2D eigenvalue weighted by molar-refractivity contribution is 5.71. The van der Waals surface area contributed by atoms with Crippen LogP contribution < -0.4 is 0 Å². The van der Waals surface area contributed by atoms with Crippen molar-refractivity contribution < 1.29 is 28.6 Å². The van der Waals surface area contributed by atoms with E-state index in [0.29, 0.717) is 19.3 Å². The van der Waals surface area contributed by atoms with Crippen molar-refractivity contribution in [3.63, 3.8) is 0 Å². The molecule has 0 aromatic rings. The lowest BCUT2D eigenvalue weighted by Gasteiger charge is -2.18. The summed E-state index contributed by atoms with van der Waals surface area (Å²) in [6.45, 7) is 6.38. The zero-order valence-corrected chi connectivity index (χ0v) is 38.2. The van der Waals surface area contributed by atoms with Crippen molar-refractivity contribution in [2.75, 3.05) is 13.2 Å². The highest BCUT2D eigenvalue weighted by Gasteiger charge is 2.19. The Balaban J connectivity index is 4.49. The molecule has 0 aromatic heterocycles. The van der Waals surface area contributed by atoms with E-state index in [1.165, 1.54) is 51.4 Å². The first kappa shape index (κ1) is 55.6. The van der Waals surface area contributed by atoms with Crippen LogP contribution in [0.2, 0.25) is 0 Å². The van der Waals surface area contributed by atoms with Gasteiger partial charge in [-0.15, -0.1) is 0 Å². The number of allylic oxidation sites excluding steroid dienone is 14. The minimum absolute atomic E-state index is 0.101. The van der Waals surface area contributed by atoms with Crippen LogP contribution >= 0.6 is 0 Å². The van der Waals surface area contributed by atoms with E-state index in [1.807, 2.05) is 0 Å². The predicted octanol–water partition coefficient (Wildman–Crippen LogP) is 15.6. The lowest BCUT2D eigenvalue weighted by atomic mass is 10.1. The molecule has 59 heavy (non-hydrogen) atoms. The fourth-order valence-electron chi connectivity index (χ4n) is 6.21. The van der Waals surface area contributed by atoms with Gasteiger partial charge in [0.15, 0.2) is 6.10 Å². The molecule has 0 saturated heterocycles. The summed E-state index contributed by atoms with van der Waals surface area (Å²) in [6.07, 6.45) is 59.9. The quantitative estimate of drug-likeness (QED) is 0.0264. The van der Waals surface area contributed by atoms with Crippen molar-refractivity contribution >= 4 is 17.9 Å². The van der Waals surface area contributed by atoms with Crippen molar-refractivity contribution in [3.05, 3.63) is 85.1 Å². The fourth-order valence-corrected chi connectivity index (χ4v) is 6.21. The largest absolute Gasteiger partial charge is 0.462 e. The van der Waals surface area contributed by atoms with Crippen molar-refractivity contribution in [3.8, 4) is 0 Å². The Morgan fingerprint density at radius 3 is 1.14 bits per heavy atom. The van der Waals surface area contributed by atoms with Gasteiger partial charge in [-0.05, 0) is 109 Å². The Morgan fingerprint density at radius 2 is 0.678 bits per heavy atom. The van der Waals surface area contributed by atoms with Gasteiger partial charge in [0.1, 0.15) is 13.2 Å². The maximum Gasteiger partial charge on any atom is 0.306 e. The summed E-state index contributed by atoms with van der Waals surface area (Å²) < 4.78 is 16.7. The number of hydrogen-bond donors (Lipinski definition) is 0. The molecule has 0 N–H and O–H groups in total. The average Bonchev–Trinajstić information content (AvgIpc) is 3.23. The van der Waals surface area contributed by atoms with Gasteiger partial charge in [-0.25, -0.2) is 0 Å². The molecule has 0 spiro atoms. The van der Waals surface area contributed by atoms with Crippen LogP contribution in [0, 0.1) is 0 Å². The summed E-state index contributed by atoms with van der Waals surface area (Å²) in [7, 11) is 0. The fraction of sp³-hybridized carbons (Fsp3) is 0.679. The van der Waals surface area contributed by atoms with E-state index >= 15 is 0 Å². The first-order valence-electron chi connectivity index (χ1n) is 24.1. The van der Waals surface area contributed by atoms with Crippen LogP contribution in [0.25, 0.3) is 0 Å². The van der Waals surface area contributed by atoms with Crippen LogP contribution in [0.4, 0.5) is 0 Å². The van der Waals surface area contributed by atoms with Crippen LogP contribution in [0.5, 0.6) is 0 Å². The van der Waals surface area contributed by atoms with Gasteiger partial charge >= 0.3 is 17.9 Å². The van der Waals surface area contributed by atoms with Crippen LogP contribution in [-0.2, 0) is 28.6 Å². The molecule has 6 nitrogen and oxygen atoms in total. The second kappa shape index (κ2) is 47.3. The summed E-state index contributed by atoms with van der Waals surface area (Å²) in [5.74, 6) is -0.973. The molecule has 0 bridgehead atoms. The Hall–Kier alpha value is -3.41. The second-order valence-electron chi connectivity index (χ2n) is 15.6. The molecule has 0 aliphatic heterocycles. The molecular formula is C53H88O6. The van der Waals surface area contributed by atoms with Crippen molar-refractivity contribution in [2.24, 2.45) is 0 Å². The Morgan fingerprint density at radius 1 is 0.356 bits per heavy atom. The number of unbranched alkanes of at least 4 members (excludes halogenated alkanes) is 17. The van der Waals surface area contributed by atoms with Gasteiger partial charge in [-0.3, -0.25) is 14.4 Å². The van der Waals surface area contributed by atoms with Gasteiger partial charge in [0.05, 0.1) is 0 Å². The normalized spacial score (nSPS) is 12.8. The number of hydrogen-bond acceptors (Lipinski definition) is 6. The van der Waals surface area contributed by atoms with Crippen molar-refractivity contribution in [1.82, 2.24) is 0 Å². The van der Waals surface area contributed by atoms with Gasteiger partial charge in [0, 0.05) is 19.3 Å². The molecule has 0 aromatic carbocycles. The standard InChI is InChI=1S/C53H88O6/c1-4-7-10-13-16-19-22-24-26-28-31-34-37-40-43-46-52(55)58-49-50(48-57-51(54)45-42-39-36-33-30-21-18-15-12-9-6-3)59-53(56)47-44-41-38-35-32-29-27-25-23-20-17-14-11-8-5-2/h7,10,15-20,24-27,31,34,50H,4-6,8-9,11-14,21-23,28-30,32-33,35-49H2,1-3H3/b10-7-,18-15-,19-16-,20-17-,26-24-,27-25-,34-31-/t50-/m1/s1. The monoisotopic (exact) mass is 821 g/mol. The minimum Gasteiger partial charge on any atom is -0.462 e. The summed E-state index contributed by atoms with van der Waals surface area (Å²) in [4.78, 5) is 37.8. The highest BCUT2D eigenvalue weighted by Crippen LogP contribution is 2.12. The minimum atomic E-state index is -0.803. The molecule has 0 aliphatic rings. The smallest absolute Gasteiger partial charge is 0.306 e. The molecule has 1 atom stereocenters. The van der Waals surface area contributed by atoms with Crippen LogP contribution in [0.15, 0.2) is 85.1 Å². The third-order valence-corrected chi connectivity index (χ3v) is 9.85. The first-order chi connectivity index (χ1) is 29.0. The van der Waals surface area contributed by atoms with E-state index in [1.54, 1.807) is 0 Å². The number of esters is 3. The third-order valence-electron chi connectivity index (χ3n) is 9.85. The Kier molecular flexibility index (Phi) is 44.5. The topological polar surface area (TPSA) is 78.9 Å². The molecule has 336 valence electrons. The summed E-state index contributed by atoms with van der Waals surface area (Å²) in [5, 5.41) is 0. The second-order valence-corrected chi connectivity index (χ2v) is 15.6. The van der Waals surface area contributed by atoms with Crippen LogP contribution in [0.1, 0.15) is 213 Å². The van der Waals surface area contributed by atoms with Gasteiger partial charge in [0.25, 0.3) is 0 Å². The van der Waals surface area contributed by atoms with Gasteiger partial charge < -0.3 is 14.2 Å². The maximum absolute atomic E-state index is 12.8. The van der Waals surface area contributed by atoms with E-state index < -0.39 is 6.10 Å². The van der Waals surface area contributed by atoms with Crippen molar-refractivity contribution in [2.45, 2.75) is 219 Å². The molecule has 0 rings (SSSR count). The molecule has 0 unspecified atom stereocenters. The number of carbonyl (C=O) groups excluding carboxylic acids is 3. The average molecular weight is 821 g/mol. The maximum atomic E-state index is 12.8. The first-order valence-corrected chi connectivity index (χ1v) is 24.1. The number of rotatable bonds is 42. The van der Waals surface area contributed by atoms with E-state index in [-0.39, 0.29) is 31.1 Å². The zero-order valence-electron chi connectivity index (χ0n) is 38.2. The SMILES string of the molecule is CC/C=C\C/C=C\C/C=C\C/C=C\CCCCC(=O)OC[C@@H](COC(=O)CCCCCCC/C=C\CCCC)OC(=O)CCCCCCC/C=C\C/C=C\CCCCC. The molecule has 0 heterocycles. The lowest BCUT2D eigenvalue weighted by Crippen LogP contribution is -2.30. The van der Waals surface area contributed by atoms with E-state index in [4.69, 9.17) is 14.2 Å². The van der Waals surface area contributed by atoms with Gasteiger partial charge in [-0.2, -0.15) is 0 Å². The molecule has 0 fully saturated rings. The lowest BCUT2D eigenvalue weighted by molar-refractivity contribution is -0.167. The van der Waals surface area contributed by atoms with Gasteiger partial charge in [0.2, 0.25) is 0 Å². The third kappa shape index (κ3) is 45.5. The molecule has 0 aliphatic carbocycles. The molecular weight excluding hydrogens is 733 g/mol.